The maximum atomic E-state index is 5.54. The predicted molar refractivity (Wildman–Crippen MR) is 72.2 cm³/mol. The molecule has 1 N–H and O–H groups in total. The van der Waals surface area contributed by atoms with Crippen molar-refractivity contribution in [3.8, 4) is 18.1 Å². The molecule has 2 heteroatoms. The molecule has 0 spiro atoms. The Hall–Kier alpha value is -1.46. The minimum Gasteiger partial charge on any atom is -0.480 e. The van der Waals surface area contributed by atoms with Crippen molar-refractivity contribution in [2.45, 2.75) is 33.7 Å². The van der Waals surface area contributed by atoms with Crippen LogP contribution < -0.4 is 10.1 Å². The summed E-state index contributed by atoms with van der Waals surface area (Å²) in [5, 5.41) is 3.40. The first-order chi connectivity index (χ1) is 8.19. The van der Waals surface area contributed by atoms with Crippen molar-refractivity contribution in [1.29, 1.82) is 0 Å². The van der Waals surface area contributed by atoms with Crippen LogP contribution in [0.5, 0.6) is 5.75 Å². The third kappa shape index (κ3) is 4.13. The van der Waals surface area contributed by atoms with Crippen LogP contribution in [0.15, 0.2) is 12.1 Å². The molecule has 0 unspecified atom stereocenters. The second-order valence-electron chi connectivity index (χ2n) is 4.23. The highest BCUT2D eigenvalue weighted by molar-refractivity contribution is 5.43. The molecular weight excluding hydrogens is 210 g/mol. The first kappa shape index (κ1) is 13.6. The van der Waals surface area contributed by atoms with E-state index in [2.05, 4.69) is 44.1 Å². The molecule has 0 aromatic heterocycles. The van der Waals surface area contributed by atoms with Crippen molar-refractivity contribution in [3.63, 3.8) is 0 Å². The van der Waals surface area contributed by atoms with Gasteiger partial charge in [0.1, 0.15) is 12.4 Å². The van der Waals surface area contributed by atoms with Crippen molar-refractivity contribution in [2.75, 3.05) is 13.2 Å². The van der Waals surface area contributed by atoms with E-state index in [9.17, 15) is 0 Å². The molecular formula is C15H21NO. The molecule has 0 saturated carbocycles. The highest BCUT2D eigenvalue weighted by Gasteiger charge is 2.05. The van der Waals surface area contributed by atoms with Gasteiger partial charge in [0.25, 0.3) is 0 Å². The first-order valence-electron chi connectivity index (χ1n) is 6.06. The van der Waals surface area contributed by atoms with E-state index in [-0.39, 0.29) is 0 Å². The summed E-state index contributed by atoms with van der Waals surface area (Å²) in [4.78, 5) is 0. The van der Waals surface area contributed by atoms with Gasteiger partial charge in [-0.3, -0.25) is 0 Å². The summed E-state index contributed by atoms with van der Waals surface area (Å²) >= 11 is 0. The van der Waals surface area contributed by atoms with Gasteiger partial charge in [0, 0.05) is 6.54 Å². The maximum Gasteiger partial charge on any atom is 0.148 e. The molecule has 92 valence electrons. The number of hydrogen-bond donors (Lipinski definition) is 1. The SMILES string of the molecule is C#CCOc1c(C)cc(CNCCC)cc1C. The lowest BCUT2D eigenvalue weighted by Crippen LogP contribution is -2.14. The zero-order chi connectivity index (χ0) is 12.7. The smallest absolute Gasteiger partial charge is 0.148 e. The van der Waals surface area contributed by atoms with Gasteiger partial charge < -0.3 is 10.1 Å². The van der Waals surface area contributed by atoms with Gasteiger partial charge in [-0.25, -0.2) is 0 Å². The Balaban J connectivity index is 2.75. The highest BCUT2D eigenvalue weighted by Crippen LogP contribution is 2.24. The summed E-state index contributed by atoms with van der Waals surface area (Å²) in [6, 6.07) is 4.31. The molecule has 1 aromatic carbocycles. The predicted octanol–water partition coefficient (Wildman–Crippen LogP) is 2.82. The van der Waals surface area contributed by atoms with E-state index in [0.717, 1.165) is 36.4 Å². The minimum absolute atomic E-state index is 0.328. The summed E-state index contributed by atoms with van der Waals surface area (Å²) in [5.74, 6) is 3.41. The second kappa shape index (κ2) is 6.98. The van der Waals surface area contributed by atoms with Gasteiger partial charge in [0.2, 0.25) is 0 Å². The van der Waals surface area contributed by atoms with E-state index in [1.165, 1.54) is 5.56 Å². The van der Waals surface area contributed by atoms with Gasteiger partial charge in [-0.15, -0.1) is 6.42 Å². The Labute approximate surface area is 104 Å². The second-order valence-corrected chi connectivity index (χ2v) is 4.23. The summed E-state index contributed by atoms with van der Waals surface area (Å²) in [6.07, 6.45) is 6.36. The average molecular weight is 231 g/mol. The number of benzene rings is 1. The molecule has 0 aliphatic heterocycles. The van der Waals surface area contributed by atoms with Gasteiger partial charge >= 0.3 is 0 Å². The van der Waals surface area contributed by atoms with Crippen LogP contribution >= 0.6 is 0 Å². The van der Waals surface area contributed by atoms with Crippen LogP contribution in [0, 0.1) is 26.2 Å². The third-order valence-corrected chi connectivity index (χ3v) is 2.58. The molecule has 0 radical (unpaired) electrons. The number of aryl methyl sites for hydroxylation is 2. The van der Waals surface area contributed by atoms with Crippen molar-refractivity contribution in [3.05, 3.63) is 28.8 Å². The average Bonchev–Trinajstić information content (AvgIpc) is 2.28. The molecule has 0 heterocycles. The molecule has 17 heavy (non-hydrogen) atoms. The number of terminal acetylenes is 1. The quantitative estimate of drug-likeness (QED) is 0.600. The zero-order valence-electron chi connectivity index (χ0n) is 11.0. The van der Waals surface area contributed by atoms with Crippen molar-refractivity contribution in [1.82, 2.24) is 5.32 Å². The monoisotopic (exact) mass is 231 g/mol. The first-order valence-corrected chi connectivity index (χ1v) is 6.06. The summed E-state index contributed by atoms with van der Waals surface area (Å²) in [6.45, 7) is 8.57. The standard InChI is InChI=1S/C15H21NO/c1-5-7-16-11-14-9-12(3)15(13(4)10-14)17-8-6-2/h2,9-10,16H,5,7-8,11H2,1,3-4H3. The van der Waals surface area contributed by atoms with Gasteiger partial charge in [0.05, 0.1) is 0 Å². The van der Waals surface area contributed by atoms with E-state index in [0.29, 0.717) is 6.61 Å². The van der Waals surface area contributed by atoms with Gasteiger partial charge in [-0.2, -0.15) is 0 Å². The van der Waals surface area contributed by atoms with E-state index in [1.807, 2.05) is 0 Å². The summed E-state index contributed by atoms with van der Waals surface area (Å²) in [7, 11) is 0. The molecule has 0 fully saturated rings. The molecule has 1 rings (SSSR count). The number of nitrogens with one attached hydrogen (secondary N) is 1. The van der Waals surface area contributed by atoms with Crippen molar-refractivity contribution in [2.24, 2.45) is 0 Å². The van der Waals surface area contributed by atoms with Crippen LogP contribution in [0.2, 0.25) is 0 Å². The molecule has 0 saturated heterocycles. The molecule has 0 bridgehead atoms. The van der Waals surface area contributed by atoms with Crippen LogP contribution in [-0.4, -0.2) is 13.2 Å². The number of ether oxygens (including phenoxy) is 1. The summed E-state index contributed by atoms with van der Waals surface area (Å²) < 4.78 is 5.54. The van der Waals surface area contributed by atoms with Gasteiger partial charge in [-0.1, -0.05) is 25.0 Å². The zero-order valence-corrected chi connectivity index (χ0v) is 11.0. The van der Waals surface area contributed by atoms with Crippen LogP contribution in [0.3, 0.4) is 0 Å². The van der Waals surface area contributed by atoms with Crippen LogP contribution in [0.4, 0.5) is 0 Å². The van der Waals surface area contributed by atoms with E-state index in [4.69, 9.17) is 11.2 Å². The van der Waals surface area contributed by atoms with Crippen LogP contribution in [0.25, 0.3) is 0 Å². The van der Waals surface area contributed by atoms with Gasteiger partial charge in [0.15, 0.2) is 0 Å². The largest absolute Gasteiger partial charge is 0.480 e. The molecule has 0 aliphatic rings. The normalized spacial score (nSPS) is 10.0. The molecule has 2 nitrogen and oxygen atoms in total. The van der Waals surface area contributed by atoms with Crippen LogP contribution in [0.1, 0.15) is 30.0 Å². The lowest BCUT2D eigenvalue weighted by atomic mass is 10.1. The molecule has 1 aromatic rings. The topological polar surface area (TPSA) is 21.3 Å². The Kier molecular flexibility index (Phi) is 5.59. The van der Waals surface area contributed by atoms with Crippen molar-refractivity contribution >= 4 is 0 Å². The van der Waals surface area contributed by atoms with E-state index >= 15 is 0 Å². The maximum absolute atomic E-state index is 5.54. The van der Waals surface area contributed by atoms with Crippen molar-refractivity contribution < 1.29 is 4.74 Å². The number of rotatable bonds is 6. The fourth-order valence-corrected chi connectivity index (χ4v) is 1.89. The Morgan fingerprint density at radius 3 is 2.47 bits per heavy atom. The fraction of sp³-hybridized carbons (Fsp3) is 0.467. The third-order valence-electron chi connectivity index (χ3n) is 2.58. The lowest BCUT2D eigenvalue weighted by molar-refractivity contribution is 0.365. The van der Waals surface area contributed by atoms with E-state index in [1.54, 1.807) is 0 Å². The molecule has 0 atom stereocenters. The Bertz CT molecular complexity index is 381. The molecule has 0 amide bonds. The molecule has 0 aliphatic carbocycles. The fourth-order valence-electron chi connectivity index (χ4n) is 1.89. The number of hydrogen-bond acceptors (Lipinski definition) is 2. The Morgan fingerprint density at radius 2 is 1.94 bits per heavy atom. The minimum atomic E-state index is 0.328. The van der Waals surface area contributed by atoms with Gasteiger partial charge in [-0.05, 0) is 43.5 Å². The van der Waals surface area contributed by atoms with E-state index < -0.39 is 0 Å². The van der Waals surface area contributed by atoms with Crippen LogP contribution in [-0.2, 0) is 6.54 Å². The Morgan fingerprint density at radius 1 is 1.29 bits per heavy atom. The lowest BCUT2D eigenvalue weighted by Gasteiger charge is -2.13. The highest BCUT2D eigenvalue weighted by atomic mass is 16.5. The summed E-state index contributed by atoms with van der Waals surface area (Å²) in [5.41, 5.74) is 3.59.